The summed E-state index contributed by atoms with van der Waals surface area (Å²) >= 11 is 6.19. The van der Waals surface area contributed by atoms with Crippen LogP contribution in [0.1, 0.15) is 17.3 Å². The van der Waals surface area contributed by atoms with Crippen LogP contribution in [0.2, 0.25) is 5.02 Å². The third kappa shape index (κ3) is 5.36. The molecule has 0 aliphatic rings. The highest BCUT2D eigenvalue weighted by Crippen LogP contribution is 2.28. The fraction of sp³-hybridized carbons (Fsp3) is 0.100. The van der Waals surface area contributed by atoms with E-state index in [0.717, 1.165) is 0 Å². The lowest BCUT2D eigenvalue weighted by atomic mass is 10.2. The van der Waals surface area contributed by atoms with Gasteiger partial charge in [0.15, 0.2) is 0 Å². The zero-order valence-corrected chi connectivity index (χ0v) is 16.6. The number of primary amides is 1. The van der Waals surface area contributed by atoms with Gasteiger partial charge in [0.25, 0.3) is 5.91 Å². The first kappa shape index (κ1) is 20.9. The van der Waals surface area contributed by atoms with E-state index in [1.165, 1.54) is 12.3 Å². The van der Waals surface area contributed by atoms with Crippen molar-refractivity contribution in [2.45, 2.75) is 6.92 Å². The van der Waals surface area contributed by atoms with Crippen LogP contribution in [0.4, 0.5) is 27.8 Å². The number of hydrogen-bond donors (Lipinski definition) is 3. The first-order chi connectivity index (χ1) is 14.5. The van der Waals surface area contributed by atoms with Gasteiger partial charge in [-0.25, -0.2) is 9.78 Å². The number of hydrogen-bond acceptors (Lipinski definition) is 8. The van der Waals surface area contributed by atoms with Crippen LogP contribution in [-0.4, -0.2) is 28.6 Å². The molecule has 0 saturated carbocycles. The van der Waals surface area contributed by atoms with Gasteiger partial charge in [-0.3, -0.25) is 4.79 Å². The average Bonchev–Trinajstić information content (AvgIpc) is 2.70. The van der Waals surface area contributed by atoms with Crippen LogP contribution < -0.4 is 21.1 Å². The van der Waals surface area contributed by atoms with Crippen molar-refractivity contribution in [1.82, 2.24) is 9.97 Å². The van der Waals surface area contributed by atoms with Crippen LogP contribution in [0.3, 0.4) is 0 Å². The van der Waals surface area contributed by atoms with E-state index >= 15 is 0 Å². The highest BCUT2D eigenvalue weighted by molar-refractivity contribution is 6.33. The van der Waals surface area contributed by atoms with Gasteiger partial charge >= 0.3 is 6.16 Å². The van der Waals surface area contributed by atoms with Crippen molar-refractivity contribution in [1.29, 1.82) is 0 Å². The van der Waals surface area contributed by atoms with E-state index < -0.39 is 12.1 Å². The maximum atomic E-state index is 11.8. The summed E-state index contributed by atoms with van der Waals surface area (Å²) in [6.45, 7) is 1.86. The monoisotopic (exact) mass is 427 g/mol. The van der Waals surface area contributed by atoms with Crippen molar-refractivity contribution in [2.24, 2.45) is 5.73 Å². The molecule has 1 aromatic carbocycles. The Morgan fingerprint density at radius 1 is 1.07 bits per heavy atom. The molecule has 2 heterocycles. The first-order valence-corrected chi connectivity index (χ1v) is 9.24. The zero-order valence-electron chi connectivity index (χ0n) is 15.9. The number of anilines is 4. The summed E-state index contributed by atoms with van der Waals surface area (Å²) in [6, 6.07) is 13.5. The van der Waals surface area contributed by atoms with E-state index in [2.05, 4.69) is 20.6 Å². The molecule has 0 radical (unpaired) electrons. The predicted octanol–water partition coefficient (Wildman–Crippen LogP) is 4.25. The van der Waals surface area contributed by atoms with Gasteiger partial charge in [0.2, 0.25) is 5.88 Å². The SMILES string of the molecule is CCOC(=O)Oc1cccc(Nc2cc(Nc3ccccc3Cl)c(C(N)=O)cn2)n1. The second-order valence-corrected chi connectivity index (χ2v) is 6.26. The number of rotatable bonds is 7. The number of aromatic nitrogens is 2. The molecule has 9 nitrogen and oxygen atoms in total. The molecule has 154 valence electrons. The minimum atomic E-state index is -0.850. The molecule has 1 amide bonds. The predicted molar refractivity (Wildman–Crippen MR) is 113 cm³/mol. The molecule has 0 aliphatic heterocycles. The third-order valence-corrected chi connectivity index (χ3v) is 4.07. The van der Waals surface area contributed by atoms with Crippen molar-refractivity contribution in [2.75, 3.05) is 17.2 Å². The lowest BCUT2D eigenvalue weighted by Gasteiger charge is -2.13. The fourth-order valence-corrected chi connectivity index (χ4v) is 2.62. The Morgan fingerprint density at radius 2 is 1.87 bits per heavy atom. The Labute approximate surface area is 177 Å². The van der Waals surface area contributed by atoms with Gasteiger partial charge in [0.1, 0.15) is 11.6 Å². The van der Waals surface area contributed by atoms with Gasteiger partial charge in [-0.1, -0.05) is 29.8 Å². The van der Waals surface area contributed by atoms with E-state index in [-0.39, 0.29) is 18.1 Å². The van der Waals surface area contributed by atoms with Crippen molar-refractivity contribution in [3.05, 3.63) is 65.3 Å². The number of nitrogens with zero attached hydrogens (tertiary/aromatic N) is 2. The molecule has 3 rings (SSSR count). The Hall–Kier alpha value is -3.85. The van der Waals surface area contributed by atoms with Gasteiger partial charge in [-0.2, -0.15) is 4.98 Å². The number of carbonyl (C=O) groups is 2. The summed E-state index contributed by atoms with van der Waals surface area (Å²) in [4.78, 5) is 31.6. The van der Waals surface area contributed by atoms with Gasteiger partial charge in [0, 0.05) is 18.3 Å². The molecule has 0 bridgehead atoms. The summed E-state index contributed by atoms with van der Waals surface area (Å²) in [5, 5.41) is 6.53. The van der Waals surface area contributed by atoms with E-state index in [1.807, 2.05) is 0 Å². The van der Waals surface area contributed by atoms with Crippen LogP contribution in [0.15, 0.2) is 54.7 Å². The molecule has 0 unspecified atom stereocenters. The molecular weight excluding hydrogens is 410 g/mol. The number of halogens is 1. The molecule has 4 N–H and O–H groups in total. The summed E-state index contributed by atoms with van der Waals surface area (Å²) in [6.07, 6.45) is 0.486. The maximum absolute atomic E-state index is 11.8. The lowest BCUT2D eigenvalue weighted by Crippen LogP contribution is -2.14. The quantitative estimate of drug-likeness (QED) is 0.477. The normalized spacial score (nSPS) is 10.2. The smallest absolute Gasteiger partial charge is 0.434 e. The highest BCUT2D eigenvalue weighted by atomic mass is 35.5. The van der Waals surface area contributed by atoms with Crippen LogP contribution in [0, 0.1) is 0 Å². The first-order valence-electron chi connectivity index (χ1n) is 8.86. The van der Waals surface area contributed by atoms with Crippen molar-refractivity contribution < 1.29 is 19.1 Å². The van der Waals surface area contributed by atoms with Gasteiger partial charge < -0.3 is 25.8 Å². The second-order valence-electron chi connectivity index (χ2n) is 5.86. The fourth-order valence-electron chi connectivity index (χ4n) is 2.44. The molecule has 10 heteroatoms. The lowest BCUT2D eigenvalue weighted by molar-refractivity contribution is 0.0997. The Bertz CT molecular complexity index is 1080. The Morgan fingerprint density at radius 3 is 2.60 bits per heavy atom. The van der Waals surface area contributed by atoms with Crippen LogP contribution >= 0.6 is 11.6 Å². The number of ether oxygens (including phenoxy) is 2. The Kier molecular flexibility index (Phi) is 6.66. The van der Waals surface area contributed by atoms with Crippen molar-refractivity contribution in [3.8, 4) is 5.88 Å². The van der Waals surface area contributed by atoms with E-state index in [1.54, 1.807) is 49.4 Å². The molecule has 3 aromatic rings. The zero-order chi connectivity index (χ0) is 21.5. The standard InChI is InChI=1S/C20H18ClN5O4/c1-2-29-20(28)30-18-9-5-8-16(26-18)25-17-10-15(12(11-23-17)19(22)27)24-14-7-4-3-6-13(14)21/h3-11H,2H2,1H3,(H2,22,27)(H2,23,24,25,26). The van der Waals surface area contributed by atoms with E-state index in [9.17, 15) is 9.59 Å². The molecular formula is C20H18ClN5O4. The minimum absolute atomic E-state index is 0.0571. The maximum Gasteiger partial charge on any atom is 0.515 e. The molecule has 0 aliphatic carbocycles. The topological polar surface area (TPSA) is 128 Å². The summed E-state index contributed by atoms with van der Waals surface area (Å²) in [5.74, 6) is 0.142. The largest absolute Gasteiger partial charge is 0.515 e. The molecule has 0 saturated heterocycles. The van der Waals surface area contributed by atoms with E-state index in [4.69, 9.17) is 26.8 Å². The summed E-state index contributed by atoms with van der Waals surface area (Å²) < 4.78 is 9.70. The van der Waals surface area contributed by atoms with Crippen LogP contribution in [-0.2, 0) is 4.74 Å². The Balaban J connectivity index is 1.84. The second kappa shape index (κ2) is 9.57. The van der Waals surface area contributed by atoms with Gasteiger partial charge in [0.05, 0.1) is 28.6 Å². The summed E-state index contributed by atoms with van der Waals surface area (Å²) in [5.41, 5.74) is 6.65. The van der Waals surface area contributed by atoms with Crippen molar-refractivity contribution >= 4 is 46.7 Å². The molecule has 30 heavy (non-hydrogen) atoms. The van der Waals surface area contributed by atoms with E-state index in [0.29, 0.717) is 28.0 Å². The number of pyridine rings is 2. The molecule has 0 fully saturated rings. The molecule has 2 aromatic heterocycles. The van der Waals surface area contributed by atoms with Crippen molar-refractivity contribution in [3.63, 3.8) is 0 Å². The number of benzene rings is 1. The van der Waals surface area contributed by atoms with Gasteiger partial charge in [-0.15, -0.1) is 0 Å². The molecule has 0 atom stereocenters. The number of nitrogens with two attached hydrogens (primary N) is 1. The minimum Gasteiger partial charge on any atom is -0.434 e. The summed E-state index contributed by atoms with van der Waals surface area (Å²) in [7, 11) is 0. The van der Waals surface area contributed by atoms with Crippen LogP contribution in [0.25, 0.3) is 0 Å². The number of amides is 1. The molecule has 0 spiro atoms. The van der Waals surface area contributed by atoms with Crippen LogP contribution in [0.5, 0.6) is 5.88 Å². The number of carbonyl (C=O) groups excluding carboxylic acids is 2. The number of nitrogens with one attached hydrogen (secondary N) is 2. The average molecular weight is 428 g/mol. The number of para-hydroxylation sites is 1. The van der Waals surface area contributed by atoms with Gasteiger partial charge in [-0.05, 0) is 25.1 Å². The highest BCUT2D eigenvalue weighted by Gasteiger charge is 2.13. The third-order valence-electron chi connectivity index (χ3n) is 3.74.